The van der Waals surface area contributed by atoms with E-state index in [0.717, 1.165) is 12.8 Å². The molecule has 128 valence electrons. The standard InChI is InChI=1S/C19H19N3O3/c23-18(15-12-13-6-4-5-9-16(13)25-19(15)24)21-17-10-11-20-22(17)14-7-2-1-3-8-14/h4-6,9-12,14H,1-3,7-8H2,(H,21,23). The Morgan fingerprint density at radius 2 is 1.96 bits per heavy atom. The number of para-hydroxylation sites is 1. The molecule has 6 heteroatoms. The number of carbonyl (C=O) groups is 1. The molecule has 0 unspecified atom stereocenters. The van der Waals surface area contributed by atoms with Gasteiger partial charge in [-0.3, -0.25) is 4.79 Å². The van der Waals surface area contributed by atoms with Crippen molar-refractivity contribution in [2.24, 2.45) is 0 Å². The molecule has 0 saturated heterocycles. The van der Waals surface area contributed by atoms with Crippen molar-refractivity contribution < 1.29 is 9.21 Å². The van der Waals surface area contributed by atoms with Crippen LogP contribution in [0.2, 0.25) is 0 Å². The van der Waals surface area contributed by atoms with Crippen LogP contribution in [0.3, 0.4) is 0 Å². The van der Waals surface area contributed by atoms with E-state index in [1.54, 1.807) is 36.5 Å². The van der Waals surface area contributed by atoms with Crippen molar-refractivity contribution in [1.82, 2.24) is 9.78 Å². The van der Waals surface area contributed by atoms with Crippen LogP contribution >= 0.6 is 0 Å². The summed E-state index contributed by atoms with van der Waals surface area (Å²) in [5.41, 5.74) is -0.175. The fraction of sp³-hybridized carbons (Fsp3) is 0.316. The molecule has 2 aromatic heterocycles. The predicted molar refractivity (Wildman–Crippen MR) is 94.8 cm³/mol. The maximum atomic E-state index is 12.6. The number of benzene rings is 1. The van der Waals surface area contributed by atoms with Gasteiger partial charge in [0.2, 0.25) is 0 Å². The molecule has 1 saturated carbocycles. The van der Waals surface area contributed by atoms with Crippen molar-refractivity contribution in [3.63, 3.8) is 0 Å². The van der Waals surface area contributed by atoms with E-state index in [0.29, 0.717) is 22.8 Å². The lowest BCUT2D eigenvalue weighted by Crippen LogP contribution is -2.24. The lowest BCUT2D eigenvalue weighted by molar-refractivity contribution is 0.102. The van der Waals surface area contributed by atoms with E-state index in [2.05, 4.69) is 10.4 Å². The minimum absolute atomic E-state index is 0.00454. The van der Waals surface area contributed by atoms with Gasteiger partial charge in [0.25, 0.3) is 5.91 Å². The number of fused-ring (bicyclic) bond motifs is 1. The Kier molecular flexibility index (Phi) is 4.09. The quantitative estimate of drug-likeness (QED) is 0.739. The summed E-state index contributed by atoms with van der Waals surface area (Å²) in [7, 11) is 0. The van der Waals surface area contributed by atoms with E-state index in [-0.39, 0.29) is 5.56 Å². The van der Waals surface area contributed by atoms with Gasteiger partial charge in [0.1, 0.15) is 17.0 Å². The number of amides is 1. The normalized spacial score (nSPS) is 15.4. The maximum Gasteiger partial charge on any atom is 0.349 e. The SMILES string of the molecule is O=C(Nc1ccnn1C1CCCCC1)c1cc2ccccc2oc1=O. The first-order valence-corrected chi connectivity index (χ1v) is 8.60. The Morgan fingerprint density at radius 1 is 1.16 bits per heavy atom. The van der Waals surface area contributed by atoms with E-state index >= 15 is 0 Å². The molecule has 2 heterocycles. The highest BCUT2D eigenvalue weighted by atomic mass is 16.4. The average Bonchev–Trinajstić information content (AvgIpc) is 3.10. The molecular weight excluding hydrogens is 318 g/mol. The van der Waals surface area contributed by atoms with Gasteiger partial charge in [0.15, 0.2) is 0 Å². The first kappa shape index (κ1) is 15.6. The van der Waals surface area contributed by atoms with Crippen LogP contribution in [0, 0.1) is 0 Å². The zero-order valence-electron chi connectivity index (χ0n) is 13.8. The molecule has 6 nitrogen and oxygen atoms in total. The molecule has 1 aliphatic carbocycles. The van der Waals surface area contributed by atoms with Gasteiger partial charge in [-0.25, -0.2) is 9.48 Å². The highest BCUT2D eigenvalue weighted by molar-refractivity contribution is 6.05. The van der Waals surface area contributed by atoms with Crippen LogP contribution in [0.5, 0.6) is 0 Å². The highest BCUT2D eigenvalue weighted by Crippen LogP contribution is 2.30. The van der Waals surface area contributed by atoms with E-state index < -0.39 is 11.5 Å². The molecule has 0 atom stereocenters. The van der Waals surface area contributed by atoms with Crippen molar-refractivity contribution in [3.8, 4) is 0 Å². The summed E-state index contributed by atoms with van der Waals surface area (Å²) in [4.78, 5) is 24.7. The average molecular weight is 337 g/mol. The molecule has 1 N–H and O–H groups in total. The van der Waals surface area contributed by atoms with Gasteiger partial charge in [0, 0.05) is 11.5 Å². The van der Waals surface area contributed by atoms with Crippen LogP contribution in [-0.4, -0.2) is 15.7 Å². The zero-order chi connectivity index (χ0) is 17.2. The second-order valence-corrected chi connectivity index (χ2v) is 6.39. The maximum absolute atomic E-state index is 12.6. The molecule has 1 aliphatic rings. The van der Waals surface area contributed by atoms with Gasteiger partial charge in [-0.1, -0.05) is 37.5 Å². The summed E-state index contributed by atoms with van der Waals surface area (Å²) in [6.07, 6.45) is 7.38. The third-order valence-corrected chi connectivity index (χ3v) is 4.72. The molecule has 4 rings (SSSR count). The molecule has 25 heavy (non-hydrogen) atoms. The molecule has 1 aromatic carbocycles. The summed E-state index contributed by atoms with van der Waals surface area (Å²) in [6, 6.07) is 10.8. The smallest absolute Gasteiger partial charge is 0.349 e. The van der Waals surface area contributed by atoms with Gasteiger partial charge in [-0.2, -0.15) is 5.10 Å². The van der Waals surface area contributed by atoms with Crippen LogP contribution in [-0.2, 0) is 0 Å². The first-order valence-electron chi connectivity index (χ1n) is 8.60. The number of anilines is 1. The third-order valence-electron chi connectivity index (χ3n) is 4.72. The number of hydrogen-bond donors (Lipinski definition) is 1. The Morgan fingerprint density at radius 3 is 2.80 bits per heavy atom. The van der Waals surface area contributed by atoms with Gasteiger partial charge in [-0.05, 0) is 25.0 Å². The molecule has 0 radical (unpaired) electrons. The number of nitrogens with zero attached hydrogens (tertiary/aromatic N) is 2. The molecule has 0 spiro atoms. The Hall–Kier alpha value is -2.89. The lowest BCUT2D eigenvalue weighted by Gasteiger charge is -2.23. The van der Waals surface area contributed by atoms with Gasteiger partial charge in [0.05, 0.1) is 12.2 Å². The summed E-state index contributed by atoms with van der Waals surface area (Å²) >= 11 is 0. The number of carbonyl (C=O) groups excluding carboxylic acids is 1. The fourth-order valence-electron chi connectivity index (χ4n) is 3.43. The number of aromatic nitrogens is 2. The van der Waals surface area contributed by atoms with Crippen LogP contribution in [0.15, 0.2) is 51.8 Å². The zero-order valence-corrected chi connectivity index (χ0v) is 13.8. The summed E-state index contributed by atoms with van der Waals surface area (Å²) in [5.74, 6) is 0.140. The van der Waals surface area contributed by atoms with Crippen LogP contribution in [0.25, 0.3) is 11.0 Å². The minimum atomic E-state index is -0.639. The van der Waals surface area contributed by atoms with Gasteiger partial charge >= 0.3 is 5.63 Å². The molecule has 1 fully saturated rings. The van der Waals surface area contributed by atoms with Crippen molar-refractivity contribution in [2.45, 2.75) is 38.1 Å². The highest BCUT2D eigenvalue weighted by Gasteiger charge is 2.21. The molecule has 1 amide bonds. The predicted octanol–water partition coefficient (Wildman–Crippen LogP) is 3.75. The molecule has 0 bridgehead atoms. The molecule has 3 aromatic rings. The van der Waals surface area contributed by atoms with Crippen molar-refractivity contribution in [3.05, 3.63) is 58.6 Å². The Labute approximate surface area is 144 Å². The van der Waals surface area contributed by atoms with Gasteiger partial charge < -0.3 is 9.73 Å². The van der Waals surface area contributed by atoms with E-state index in [4.69, 9.17) is 4.42 Å². The molecule has 0 aliphatic heterocycles. The van der Waals surface area contributed by atoms with Crippen molar-refractivity contribution >= 4 is 22.7 Å². The van der Waals surface area contributed by atoms with Crippen molar-refractivity contribution in [2.75, 3.05) is 5.32 Å². The van der Waals surface area contributed by atoms with E-state index in [9.17, 15) is 9.59 Å². The summed E-state index contributed by atoms with van der Waals surface area (Å²) in [5, 5.41) is 7.89. The van der Waals surface area contributed by atoms with Crippen LogP contribution in [0.4, 0.5) is 5.82 Å². The summed E-state index contributed by atoms with van der Waals surface area (Å²) < 4.78 is 7.10. The lowest BCUT2D eigenvalue weighted by atomic mass is 9.96. The first-order chi connectivity index (χ1) is 12.2. The van der Waals surface area contributed by atoms with Crippen LogP contribution in [0.1, 0.15) is 48.5 Å². The van der Waals surface area contributed by atoms with E-state index in [1.807, 2.05) is 10.7 Å². The minimum Gasteiger partial charge on any atom is -0.422 e. The Bertz CT molecular complexity index is 967. The fourth-order valence-corrected chi connectivity index (χ4v) is 3.43. The number of nitrogens with one attached hydrogen (secondary N) is 1. The summed E-state index contributed by atoms with van der Waals surface area (Å²) in [6.45, 7) is 0. The second kappa shape index (κ2) is 6.55. The molecular formula is C19H19N3O3. The largest absolute Gasteiger partial charge is 0.422 e. The number of hydrogen-bond acceptors (Lipinski definition) is 4. The second-order valence-electron chi connectivity index (χ2n) is 6.39. The van der Waals surface area contributed by atoms with Gasteiger partial charge in [-0.15, -0.1) is 0 Å². The Balaban J connectivity index is 1.62. The number of rotatable bonds is 3. The van der Waals surface area contributed by atoms with Crippen molar-refractivity contribution in [1.29, 1.82) is 0 Å². The van der Waals surface area contributed by atoms with Crippen LogP contribution < -0.4 is 10.9 Å². The topological polar surface area (TPSA) is 77.1 Å². The third kappa shape index (κ3) is 3.07. The monoisotopic (exact) mass is 337 g/mol. The van der Waals surface area contributed by atoms with E-state index in [1.165, 1.54) is 19.3 Å².